The zero-order chi connectivity index (χ0) is 17.0. The molecule has 23 heavy (non-hydrogen) atoms. The summed E-state index contributed by atoms with van der Waals surface area (Å²) in [5.74, 6) is -1.26. The highest BCUT2D eigenvalue weighted by Crippen LogP contribution is 2.20. The standard InChI is InChI=1S/C16H18N2O4S/c1-11-6-5-8-14(15(11)16(19)20)23(21,22)18-12(2)10-13-7-3-4-9-17-13/h3-9,12,18H,10H2,1-2H3,(H,19,20). The van der Waals surface area contributed by atoms with Gasteiger partial charge in [0.1, 0.15) is 0 Å². The fraction of sp³-hybridized carbons (Fsp3) is 0.250. The van der Waals surface area contributed by atoms with Gasteiger partial charge in [0.2, 0.25) is 10.0 Å². The maximum absolute atomic E-state index is 12.5. The van der Waals surface area contributed by atoms with E-state index >= 15 is 0 Å². The molecule has 0 aliphatic carbocycles. The van der Waals surface area contributed by atoms with Crippen molar-refractivity contribution in [3.05, 3.63) is 59.4 Å². The van der Waals surface area contributed by atoms with Crippen molar-refractivity contribution in [1.82, 2.24) is 9.71 Å². The number of aromatic carboxylic acids is 1. The van der Waals surface area contributed by atoms with Crippen LogP contribution in [-0.4, -0.2) is 30.5 Å². The average molecular weight is 334 g/mol. The van der Waals surface area contributed by atoms with Gasteiger partial charge in [-0.3, -0.25) is 4.98 Å². The Bertz CT molecular complexity index is 804. The Morgan fingerprint density at radius 1 is 1.26 bits per heavy atom. The number of sulfonamides is 1. The largest absolute Gasteiger partial charge is 0.478 e. The van der Waals surface area contributed by atoms with E-state index in [1.807, 2.05) is 6.07 Å². The average Bonchev–Trinajstić information content (AvgIpc) is 2.46. The summed E-state index contributed by atoms with van der Waals surface area (Å²) in [5, 5.41) is 9.28. The first-order valence-electron chi connectivity index (χ1n) is 7.06. The van der Waals surface area contributed by atoms with Gasteiger partial charge in [-0.1, -0.05) is 18.2 Å². The number of nitrogens with one attached hydrogen (secondary N) is 1. The van der Waals surface area contributed by atoms with Crippen molar-refractivity contribution in [3.8, 4) is 0 Å². The molecule has 0 spiro atoms. The van der Waals surface area contributed by atoms with Crippen molar-refractivity contribution in [2.24, 2.45) is 0 Å². The van der Waals surface area contributed by atoms with Crippen LogP contribution in [0.4, 0.5) is 0 Å². The summed E-state index contributed by atoms with van der Waals surface area (Å²) in [6, 6.07) is 9.39. The highest BCUT2D eigenvalue weighted by Gasteiger charge is 2.25. The number of pyridine rings is 1. The van der Waals surface area contributed by atoms with Crippen LogP contribution in [0.25, 0.3) is 0 Å². The molecule has 1 aromatic carbocycles. The number of hydrogen-bond acceptors (Lipinski definition) is 4. The molecular formula is C16H18N2O4S. The number of carboxylic acid groups (broad SMARTS) is 1. The molecule has 2 N–H and O–H groups in total. The molecule has 0 saturated carbocycles. The van der Waals surface area contributed by atoms with Gasteiger partial charge in [0.15, 0.2) is 0 Å². The second-order valence-electron chi connectivity index (χ2n) is 5.30. The number of carbonyl (C=O) groups is 1. The lowest BCUT2D eigenvalue weighted by atomic mass is 10.1. The highest BCUT2D eigenvalue weighted by molar-refractivity contribution is 7.89. The Morgan fingerprint density at radius 3 is 2.61 bits per heavy atom. The van der Waals surface area contributed by atoms with Crippen LogP contribution in [0.15, 0.2) is 47.5 Å². The Labute approximate surface area is 135 Å². The van der Waals surface area contributed by atoms with E-state index in [1.165, 1.54) is 12.1 Å². The van der Waals surface area contributed by atoms with E-state index in [-0.39, 0.29) is 10.5 Å². The minimum Gasteiger partial charge on any atom is -0.478 e. The van der Waals surface area contributed by atoms with Gasteiger partial charge in [-0.05, 0) is 37.6 Å². The summed E-state index contributed by atoms with van der Waals surface area (Å²) in [5.41, 5.74) is 0.952. The molecule has 6 nitrogen and oxygen atoms in total. The molecule has 2 rings (SSSR count). The first-order chi connectivity index (χ1) is 10.8. The quantitative estimate of drug-likeness (QED) is 0.842. The van der Waals surface area contributed by atoms with Crippen molar-refractivity contribution in [2.75, 3.05) is 0 Å². The van der Waals surface area contributed by atoms with Crippen molar-refractivity contribution in [1.29, 1.82) is 0 Å². The molecule has 0 radical (unpaired) electrons. The molecule has 0 amide bonds. The van der Waals surface area contributed by atoms with E-state index in [9.17, 15) is 18.3 Å². The van der Waals surface area contributed by atoms with E-state index in [2.05, 4.69) is 9.71 Å². The first kappa shape index (κ1) is 17.1. The molecule has 0 aliphatic rings. The number of aryl methyl sites for hydroxylation is 1. The molecule has 1 heterocycles. The van der Waals surface area contributed by atoms with Crippen molar-refractivity contribution in [2.45, 2.75) is 31.2 Å². The monoisotopic (exact) mass is 334 g/mol. The van der Waals surface area contributed by atoms with Gasteiger partial charge in [0.25, 0.3) is 0 Å². The highest BCUT2D eigenvalue weighted by atomic mass is 32.2. The summed E-state index contributed by atoms with van der Waals surface area (Å²) in [6.45, 7) is 3.28. The molecule has 0 fully saturated rings. The van der Waals surface area contributed by atoms with Crippen LogP contribution in [0.5, 0.6) is 0 Å². The summed E-state index contributed by atoms with van der Waals surface area (Å²) in [6.07, 6.45) is 2.05. The van der Waals surface area contributed by atoms with E-state index < -0.39 is 22.0 Å². The molecule has 0 aliphatic heterocycles. The fourth-order valence-corrected chi connectivity index (χ4v) is 3.86. The Balaban J connectivity index is 2.26. The van der Waals surface area contributed by atoms with Crippen LogP contribution in [0, 0.1) is 6.92 Å². The molecular weight excluding hydrogens is 316 g/mol. The van der Waals surface area contributed by atoms with Crippen LogP contribution in [-0.2, 0) is 16.4 Å². The lowest BCUT2D eigenvalue weighted by Crippen LogP contribution is -2.35. The van der Waals surface area contributed by atoms with Gasteiger partial charge in [-0.2, -0.15) is 0 Å². The second kappa shape index (κ2) is 6.89. The summed E-state index contributed by atoms with van der Waals surface area (Å²) in [4.78, 5) is 15.3. The lowest BCUT2D eigenvalue weighted by molar-refractivity contribution is 0.0691. The zero-order valence-electron chi connectivity index (χ0n) is 12.9. The van der Waals surface area contributed by atoms with E-state index in [0.29, 0.717) is 12.0 Å². The van der Waals surface area contributed by atoms with Crippen LogP contribution in [0.2, 0.25) is 0 Å². The van der Waals surface area contributed by atoms with Crippen molar-refractivity contribution >= 4 is 16.0 Å². The second-order valence-corrected chi connectivity index (χ2v) is 6.98. The number of carboxylic acids is 1. The minimum absolute atomic E-state index is 0.204. The van der Waals surface area contributed by atoms with Crippen LogP contribution < -0.4 is 4.72 Å². The predicted octanol–water partition coefficient (Wildman–Crippen LogP) is 2.00. The molecule has 7 heteroatoms. The third-order valence-electron chi connectivity index (χ3n) is 3.34. The number of hydrogen-bond donors (Lipinski definition) is 2. The van der Waals surface area contributed by atoms with Gasteiger partial charge in [-0.25, -0.2) is 17.9 Å². The van der Waals surface area contributed by atoms with Crippen LogP contribution in [0.3, 0.4) is 0 Å². The summed E-state index contributed by atoms with van der Waals surface area (Å²) < 4.78 is 27.5. The normalized spacial score (nSPS) is 12.8. The van der Waals surface area contributed by atoms with Gasteiger partial charge in [0.05, 0.1) is 10.5 Å². The molecule has 1 aromatic heterocycles. The number of aromatic nitrogens is 1. The summed E-state index contributed by atoms with van der Waals surface area (Å²) in [7, 11) is -3.94. The molecule has 1 unspecified atom stereocenters. The van der Waals surface area contributed by atoms with Crippen LogP contribution >= 0.6 is 0 Å². The van der Waals surface area contributed by atoms with Crippen LogP contribution in [0.1, 0.15) is 28.5 Å². The van der Waals surface area contributed by atoms with Gasteiger partial charge < -0.3 is 5.11 Å². The Kier molecular flexibility index (Phi) is 5.12. The third-order valence-corrected chi connectivity index (χ3v) is 4.97. The van der Waals surface area contributed by atoms with Gasteiger partial charge >= 0.3 is 5.97 Å². The number of nitrogens with zero attached hydrogens (tertiary/aromatic N) is 1. The smallest absolute Gasteiger partial charge is 0.337 e. The molecule has 1 atom stereocenters. The number of rotatable bonds is 6. The summed E-state index contributed by atoms with van der Waals surface area (Å²) >= 11 is 0. The lowest BCUT2D eigenvalue weighted by Gasteiger charge is -2.16. The molecule has 0 saturated heterocycles. The van der Waals surface area contributed by atoms with E-state index in [0.717, 1.165) is 5.69 Å². The van der Waals surface area contributed by atoms with Crippen molar-refractivity contribution in [3.63, 3.8) is 0 Å². The SMILES string of the molecule is Cc1cccc(S(=O)(=O)NC(C)Cc2ccccn2)c1C(=O)O. The first-order valence-corrected chi connectivity index (χ1v) is 8.54. The van der Waals surface area contributed by atoms with Crippen molar-refractivity contribution < 1.29 is 18.3 Å². The maximum Gasteiger partial charge on any atom is 0.337 e. The number of benzene rings is 1. The van der Waals surface area contributed by atoms with Gasteiger partial charge in [0, 0.05) is 24.4 Å². The minimum atomic E-state index is -3.94. The Morgan fingerprint density at radius 2 is 2.00 bits per heavy atom. The van der Waals surface area contributed by atoms with Gasteiger partial charge in [-0.15, -0.1) is 0 Å². The topological polar surface area (TPSA) is 96.4 Å². The molecule has 122 valence electrons. The Hall–Kier alpha value is -2.25. The fourth-order valence-electron chi connectivity index (χ4n) is 2.34. The molecule has 2 aromatic rings. The predicted molar refractivity (Wildman–Crippen MR) is 85.9 cm³/mol. The maximum atomic E-state index is 12.5. The van der Waals surface area contributed by atoms with E-state index in [4.69, 9.17) is 0 Å². The van der Waals surface area contributed by atoms with E-state index in [1.54, 1.807) is 38.2 Å². The third kappa shape index (κ3) is 4.14. The molecule has 0 bridgehead atoms. The zero-order valence-corrected chi connectivity index (χ0v) is 13.7.